The van der Waals surface area contributed by atoms with Crippen LogP contribution in [-0.4, -0.2) is 81.1 Å². The van der Waals surface area contributed by atoms with Crippen LogP contribution in [0, 0.1) is 34.0 Å². The van der Waals surface area contributed by atoms with Gasteiger partial charge in [0, 0.05) is 74.8 Å². The van der Waals surface area contributed by atoms with Crippen molar-refractivity contribution in [3.05, 3.63) is 196 Å². The molecule has 0 spiro atoms. The predicted octanol–water partition coefficient (Wildman–Crippen LogP) is 12.9. The Balaban J connectivity index is 0.000000221. The number of nitriles is 3. The van der Waals surface area contributed by atoms with Gasteiger partial charge in [-0.1, -0.05) is 12.6 Å². The fourth-order valence-corrected chi connectivity index (χ4v) is 7.23. The molecule has 94 heavy (non-hydrogen) atoms. The van der Waals surface area contributed by atoms with E-state index in [0.29, 0.717) is 86.3 Å². The Bertz CT molecular complexity index is 4270. The van der Waals surface area contributed by atoms with Crippen LogP contribution in [0.2, 0.25) is 0 Å². The van der Waals surface area contributed by atoms with Crippen molar-refractivity contribution in [3.8, 4) is 52.4 Å². The standard InChI is InChI=1S/C16H14F3N7O.C16H11F3N6.C10H9F3N4.C9H5F3N2O.C6H3BrN2.CH4/c1-26-14(23-10-3-5-12(22-8-10)15(20)25-27)6-13(24-26)11-4-2-9(7-21-11)16(17,18)19;1-25-15(23-12-4-3-11(7-20)21-9-12)6-14(24-25)13-5-2-10(8-22-13)16(17,18)19;1-17-9(14)4-8(16-17)7-3-2-6(5-15-7)10(11,12)13;10-9(11,12)6-1-2-7(14-5-6)8(15)3-4-13;7-5-1-2-6(3-8)9-4-5;/h2-8,23,27H,1H3,(H2,20,25);2-6,8-9,23H,1H3;2-5H,14H2,1H3;1-2,5H,3H2;1-2,4H;1H4. The number of nitrogen functional groups attached to an aromatic ring is 1. The van der Waals surface area contributed by atoms with E-state index < -0.39 is 59.2 Å². The molecule has 0 aliphatic carbocycles. The molecule has 0 atom stereocenters. The highest BCUT2D eigenvalue weighted by Gasteiger charge is 2.33. The van der Waals surface area contributed by atoms with Gasteiger partial charge >= 0.3 is 24.7 Å². The van der Waals surface area contributed by atoms with E-state index in [1.54, 1.807) is 88.0 Å². The summed E-state index contributed by atoms with van der Waals surface area (Å²) >= 11 is 3.20. The Morgan fingerprint density at radius 2 is 0.883 bits per heavy atom. The van der Waals surface area contributed by atoms with Crippen molar-refractivity contribution >= 4 is 56.4 Å². The topological polar surface area (TPSA) is 341 Å². The lowest BCUT2D eigenvalue weighted by atomic mass is 10.2. The number of alkyl halides is 12. The summed E-state index contributed by atoms with van der Waals surface area (Å²) in [6, 6.07) is 28.7. The number of Topliss-reactive ketones (excluding diaryl/α,β-unsaturated/α-hetero) is 1. The van der Waals surface area contributed by atoms with Crippen molar-refractivity contribution in [2.24, 2.45) is 32.0 Å². The number of aromatic nitrogens is 13. The second-order valence-corrected chi connectivity index (χ2v) is 19.2. The number of nitrogens with two attached hydrogens (primary N) is 2. The van der Waals surface area contributed by atoms with E-state index in [1.807, 2.05) is 12.1 Å². The van der Waals surface area contributed by atoms with E-state index in [0.717, 1.165) is 53.4 Å². The second kappa shape index (κ2) is 31.7. The Morgan fingerprint density at radius 3 is 1.19 bits per heavy atom. The van der Waals surface area contributed by atoms with Crippen molar-refractivity contribution < 1.29 is 62.7 Å². The minimum absolute atomic E-state index is 0. The van der Waals surface area contributed by atoms with Gasteiger partial charge in [0.1, 0.15) is 75.9 Å². The number of aryl methyl sites for hydroxylation is 3. The zero-order chi connectivity index (χ0) is 68.4. The summed E-state index contributed by atoms with van der Waals surface area (Å²) in [5, 5.41) is 55.4. The number of rotatable bonds is 10. The number of ketones is 1. The van der Waals surface area contributed by atoms with Gasteiger partial charge in [0.05, 0.1) is 69.2 Å². The molecule has 0 bridgehead atoms. The summed E-state index contributed by atoms with van der Waals surface area (Å²) in [4.78, 5) is 37.5. The van der Waals surface area contributed by atoms with Gasteiger partial charge in [-0.2, -0.15) is 83.8 Å². The molecule has 23 nitrogen and oxygen atoms in total. The van der Waals surface area contributed by atoms with E-state index in [9.17, 15) is 57.5 Å². The monoisotopic (exact) mass is 1380 g/mol. The second-order valence-electron chi connectivity index (χ2n) is 18.3. The fraction of sp³-hybridized carbons (Fsp3) is 0.155. The molecule has 10 aromatic heterocycles. The van der Waals surface area contributed by atoms with E-state index >= 15 is 0 Å². The molecule has 0 fully saturated rings. The number of carbonyl (C=O) groups is 1. The van der Waals surface area contributed by atoms with Gasteiger partial charge in [0.25, 0.3) is 0 Å². The maximum absolute atomic E-state index is 12.6. The van der Waals surface area contributed by atoms with Crippen LogP contribution in [0.5, 0.6) is 0 Å². The number of hydrogen-bond acceptors (Lipinski definition) is 19. The quantitative estimate of drug-likeness (QED) is 0.0212. The number of oxime groups is 1. The van der Waals surface area contributed by atoms with Crippen LogP contribution < -0.4 is 22.1 Å². The van der Waals surface area contributed by atoms with Gasteiger partial charge in [-0.15, -0.1) is 0 Å². The SMILES string of the molecule is C.Cn1nc(-c2ccc(C(F)(F)F)cn2)cc1N.Cn1nc(-c2ccc(C(F)(F)F)cn2)cc1Nc1ccc(/C(N)=N\O)nc1.Cn1nc(-c2ccc(C(F)(F)F)cn2)cc1Nc1ccc(C#N)nc1.N#CCC(=O)c1ccc(C(F)(F)F)cn1.N#Cc1ccc(Br)cn1. The molecule has 0 aliphatic heterocycles. The molecule has 0 amide bonds. The first-order chi connectivity index (χ1) is 43.8. The number of pyridine rings is 7. The Morgan fingerprint density at radius 1 is 0.511 bits per heavy atom. The largest absolute Gasteiger partial charge is 0.417 e. The molecule has 486 valence electrons. The molecule has 0 aromatic carbocycles. The van der Waals surface area contributed by atoms with Crippen molar-refractivity contribution in [1.29, 1.82) is 15.8 Å². The first kappa shape index (κ1) is 72.9. The molecule has 7 N–H and O–H groups in total. The van der Waals surface area contributed by atoms with Crippen LogP contribution in [-0.2, 0) is 45.8 Å². The highest BCUT2D eigenvalue weighted by atomic mass is 79.9. The normalized spacial score (nSPS) is 11.1. The Labute approximate surface area is 532 Å². The molecule has 0 saturated heterocycles. The zero-order valence-corrected chi connectivity index (χ0v) is 49.2. The van der Waals surface area contributed by atoms with Gasteiger partial charge in [-0.05, 0) is 101 Å². The van der Waals surface area contributed by atoms with E-state index in [-0.39, 0.29) is 19.0 Å². The fourth-order valence-electron chi connectivity index (χ4n) is 7.00. The number of nitrogens with zero attached hydrogens (tertiary/aromatic N) is 17. The lowest BCUT2D eigenvalue weighted by Gasteiger charge is -2.06. The molecule has 0 radical (unpaired) electrons. The van der Waals surface area contributed by atoms with Crippen LogP contribution in [0.1, 0.15) is 63.7 Å². The van der Waals surface area contributed by atoms with Gasteiger partial charge < -0.3 is 27.3 Å². The summed E-state index contributed by atoms with van der Waals surface area (Å²) in [6.45, 7) is 0. The van der Waals surface area contributed by atoms with Crippen molar-refractivity contribution in [2.75, 3.05) is 16.4 Å². The first-order valence-electron chi connectivity index (χ1n) is 25.6. The average molecular weight is 1380 g/mol. The Hall–Kier alpha value is -11.9. The highest BCUT2D eigenvalue weighted by Crippen LogP contribution is 2.34. The smallest absolute Gasteiger partial charge is 0.409 e. The first-order valence-corrected chi connectivity index (χ1v) is 26.4. The van der Waals surface area contributed by atoms with Crippen LogP contribution in [0.4, 0.5) is 81.5 Å². The number of nitrogens with one attached hydrogen (secondary N) is 2. The van der Waals surface area contributed by atoms with Crippen LogP contribution in [0.3, 0.4) is 0 Å². The molecular formula is C58H46BrF12N21O2. The van der Waals surface area contributed by atoms with E-state index in [4.69, 9.17) is 32.5 Å². The maximum atomic E-state index is 12.6. The minimum atomic E-state index is -4.47. The molecule has 36 heteroatoms. The minimum Gasteiger partial charge on any atom is -0.409 e. The third kappa shape index (κ3) is 20.8. The van der Waals surface area contributed by atoms with Gasteiger partial charge in [-0.25, -0.2) is 9.97 Å². The number of halogens is 13. The molecule has 0 aliphatic rings. The van der Waals surface area contributed by atoms with Crippen molar-refractivity contribution in [2.45, 2.75) is 38.6 Å². The third-order valence-electron chi connectivity index (χ3n) is 11.7. The third-order valence-corrected chi connectivity index (χ3v) is 12.2. The molecule has 10 aromatic rings. The Kier molecular flexibility index (Phi) is 24.6. The molecule has 0 saturated carbocycles. The van der Waals surface area contributed by atoms with Crippen molar-refractivity contribution in [3.63, 3.8) is 0 Å². The number of hydrogen-bond donors (Lipinski definition) is 5. The van der Waals surface area contributed by atoms with Gasteiger partial charge in [-0.3, -0.25) is 43.8 Å². The zero-order valence-electron chi connectivity index (χ0n) is 47.6. The summed E-state index contributed by atoms with van der Waals surface area (Å²) in [7, 11) is 5.00. The van der Waals surface area contributed by atoms with E-state index in [2.05, 4.69) is 81.9 Å². The van der Waals surface area contributed by atoms with Crippen molar-refractivity contribution in [1.82, 2.24) is 64.2 Å². The summed E-state index contributed by atoms with van der Waals surface area (Å²) in [5.74, 6) is 0.888. The van der Waals surface area contributed by atoms with Crippen LogP contribution >= 0.6 is 15.9 Å². The van der Waals surface area contributed by atoms with E-state index in [1.165, 1.54) is 44.6 Å². The summed E-state index contributed by atoms with van der Waals surface area (Å²) in [6.07, 6.45) is -10.6. The van der Waals surface area contributed by atoms with Crippen LogP contribution in [0.15, 0.2) is 156 Å². The molecule has 0 unspecified atom stereocenters. The number of carbonyl (C=O) groups excluding carboxylic acids is 1. The highest BCUT2D eigenvalue weighted by molar-refractivity contribution is 9.10. The summed E-state index contributed by atoms with van der Waals surface area (Å²) < 4.78 is 154. The number of amidine groups is 1. The lowest BCUT2D eigenvalue weighted by molar-refractivity contribution is -0.138. The molecule has 10 heterocycles. The molecular weight excluding hydrogens is 1330 g/mol. The van der Waals surface area contributed by atoms with Crippen LogP contribution in [0.25, 0.3) is 34.2 Å². The average Bonchev–Trinajstić information content (AvgIpc) is 1.68. The predicted molar refractivity (Wildman–Crippen MR) is 318 cm³/mol. The van der Waals surface area contributed by atoms with Gasteiger partial charge in [0.2, 0.25) is 0 Å². The molecule has 10 rings (SSSR count). The van der Waals surface area contributed by atoms with Gasteiger partial charge in [0.15, 0.2) is 11.6 Å². The maximum Gasteiger partial charge on any atom is 0.417 e. The summed E-state index contributed by atoms with van der Waals surface area (Å²) in [5.41, 5.74) is 12.1. The lowest BCUT2D eigenvalue weighted by Crippen LogP contribution is -2.14. The number of anilines is 5.